The van der Waals surface area contributed by atoms with Crippen LogP contribution in [-0.4, -0.2) is 21.5 Å². The Morgan fingerprint density at radius 1 is 1.25 bits per heavy atom. The number of rotatable bonds is 5. The summed E-state index contributed by atoms with van der Waals surface area (Å²) in [5, 5.41) is 12.0. The molecule has 20 heavy (non-hydrogen) atoms. The number of hydrogen-bond donors (Lipinski definition) is 1. The van der Waals surface area contributed by atoms with Crippen molar-refractivity contribution in [3.8, 4) is 5.69 Å². The first-order chi connectivity index (χ1) is 9.54. The highest BCUT2D eigenvalue weighted by atomic mass is 15.4. The highest BCUT2D eigenvalue weighted by Crippen LogP contribution is 2.21. The molecule has 0 fully saturated rings. The van der Waals surface area contributed by atoms with Gasteiger partial charge in [-0.1, -0.05) is 38.1 Å². The van der Waals surface area contributed by atoms with Crippen LogP contribution < -0.4 is 5.32 Å². The average Bonchev–Trinajstić information content (AvgIpc) is 2.81. The Morgan fingerprint density at radius 3 is 2.65 bits per heavy atom. The molecule has 0 aliphatic carbocycles. The average molecular weight is 272 g/mol. The van der Waals surface area contributed by atoms with Crippen LogP contribution in [0.5, 0.6) is 0 Å². The van der Waals surface area contributed by atoms with Gasteiger partial charge in [0.05, 0.1) is 17.4 Å². The summed E-state index contributed by atoms with van der Waals surface area (Å²) in [7, 11) is 0. The van der Waals surface area contributed by atoms with Crippen molar-refractivity contribution in [1.29, 1.82) is 0 Å². The van der Waals surface area contributed by atoms with Crippen LogP contribution in [0.15, 0.2) is 24.3 Å². The van der Waals surface area contributed by atoms with Gasteiger partial charge in [-0.25, -0.2) is 4.68 Å². The highest BCUT2D eigenvalue weighted by Gasteiger charge is 2.15. The molecule has 0 saturated heterocycles. The Labute approximate surface area is 121 Å². The van der Waals surface area contributed by atoms with Gasteiger partial charge in [-0.2, -0.15) is 0 Å². The maximum atomic E-state index is 4.34. The zero-order valence-electron chi connectivity index (χ0n) is 13.0. The monoisotopic (exact) mass is 272 g/mol. The minimum atomic E-state index is 0.224. The summed E-state index contributed by atoms with van der Waals surface area (Å²) in [6.07, 6.45) is 0. The van der Waals surface area contributed by atoms with E-state index in [0.29, 0.717) is 5.92 Å². The number of hydrogen-bond acceptors (Lipinski definition) is 3. The highest BCUT2D eigenvalue weighted by molar-refractivity contribution is 5.38. The second-order valence-corrected chi connectivity index (χ2v) is 5.50. The van der Waals surface area contributed by atoms with E-state index in [1.165, 1.54) is 5.56 Å². The normalized spacial score (nSPS) is 12.9. The zero-order valence-corrected chi connectivity index (χ0v) is 13.0. The Bertz CT molecular complexity index is 572. The molecular formula is C16H24N4. The summed E-state index contributed by atoms with van der Waals surface area (Å²) in [6, 6.07) is 8.73. The van der Waals surface area contributed by atoms with Gasteiger partial charge < -0.3 is 5.32 Å². The molecule has 1 aromatic heterocycles. The third-order valence-electron chi connectivity index (χ3n) is 3.63. The minimum absolute atomic E-state index is 0.224. The maximum Gasteiger partial charge on any atom is 0.103 e. The molecule has 0 aliphatic rings. The second-order valence-electron chi connectivity index (χ2n) is 5.50. The smallest absolute Gasteiger partial charge is 0.103 e. The van der Waals surface area contributed by atoms with Gasteiger partial charge in [0.2, 0.25) is 0 Å². The molecule has 2 aromatic rings. The molecule has 1 unspecified atom stereocenters. The van der Waals surface area contributed by atoms with E-state index in [1.807, 2.05) is 4.68 Å². The predicted octanol–water partition coefficient (Wildman–Crippen LogP) is 3.37. The fraction of sp³-hybridized carbons (Fsp3) is 0.500. The van der Waals surface area contributed by atoms with Crippen LogP contribution in [0.1, 0.15) is 56.6 Å². The summed E-state index contributed by atoms with van der Waals surface area (Å²) in [4.78, 5) is 0. The third kappa shape index (κ3) is 2.90. The van der Waals surface area contributed by atoms with Gasteiger partial charge in [0.1, 0.15) is 5.69 Å². The van der Waals surface area contributed by atoms with Gasteiger partial charge in [0.25, 0.3) is 0 Å². The summed E-state index contributed by atoms with van der Waals surface area (Å²) in [5.74, 6) is 0.513. The zero-order chi connectivity index (χ0) is 14.7. The van der Waals surface area contributed by atoms with Crippen LogP contribution in [0, 0.1) is 6.92 Å². The van der Waals surface area contributed by atoms with Gasteiger partial charge in [-0.15, -0.1) is 5.10 Å². The van der Waals surface area contributed by atoms with Gasteiger partial charge in [-0.05, 0) is 44.0 Å². The van der Waals surface area contributed by atoms with E-state index in [1.54, 1.807) is 0 Å². The van der Waals surface area contributed by atoms with Gasteiger partial charge in [0, 0.05) is 0 Å². The molecule has 0 bridgehead atoms. The molecule has 1 aromatic carbocycles. The molecule has 108 valence electrons. The SMILES string of the molecule is CCNC(C)c1nnn(-c2cccc(C(C)C)c2)c1C. The summed E-state index contributed by atoms with van der Waals surface area (Å²) >= 11 is 0. The second kappa shape index (κ2) is 6.18. The van der Waals surface area contributed by atoms with Crippen LogP contribution in [0.4, 0.5) is 0 Å². The number of aromatic nitrogens is 3. The van der Waals surface area contributed by atoms with Crippen molar-refractivity contribution >= 4 is 0 Å². The first-order valence-corrected chi connectivity index (χ1v) is 7.30. The lowest BCUT2D eigenvalue weighted by Gasteiger charge is -2.11. The van der Waals surface area contributed by atoms with E-state index in [-0.39, 0.29) is 6.04 Å². The molecule has 1 atom stereocenters. The van der Waals surface area contributed by atoms with Crippen molar-refractivity contribution in [3.63, 3.8) is 0 Å². The van der Waals surface area contributed by atoms with Gasteiger partial charge >= 0.3 is 0 Å². The molecular weight excluding hydrogens is 248 g/mol. The molecule has 0 radical (unpaired) electrons. The third-order valence-corrected chi connectivity index (χ3v) is 3.63. The van der Waals surface area contributed by atoms with Crippen LogP contribution in [0.2, 0.25) is 0 Å². The fourth-order valence-electron chi connectivity index (χ4n) is 2.40. The Kier molecular flexibility index (Phi) is 4.55. The quantitative estimate of drug-likeness (QED) is 0.907. The molecule has 1 N–H and O–H groups in total. The van der Waals surface area contributed by atoms with Crippen LogP contribution in [-0.2, 0) is 0 Å². The lowest BCUT2D eigenvalue weighted by atomic mass is 10.0. The van der Waals surface area contributed by atoms with Crippen molar-refractivity contribution < 1.29 is 0 Å². The largest absolute Gasteiger partial charge is 0.309 e. The van der Waals surface area contributed by atoms with Crippen LogP contribution >= 0.6 is 0 Å². The summed E-state index contributed by atoms with van der Waals surface area (Å²) < 4.78 is 1.93. The van der Waals surface area contributed by atoms with Crippen molar-refractivity contribution in [2.45, 2.75) is 46.6 Å². The Hall–Kier alpha value is -1.68. The van der Waals surface area contributed by atoms with E-state index < -0.39 is 0 Å². The lowest BCUT2D eigenvalue weighted by Crippen LogP contribution is -2.19. The fourth-order valence-corrected chi connectivity index (χ4v) is 2.40. The standard InChI is InChI=1S/C16H24N4/c1-6-17-12(4)16-13(5)20(19-18-16)15-9-7-8-14(10-15)11(2)3/h7-12,17H,6H2,1-5H3. The molecule has 0 spiro atoms. The van der Waals surface area contributed by atoms with Crippen LogP contribution in [0.25, 0.3) is 5.69 Å². The first kappa shape index (κ1) is 14.7. The predicted molar refractivity (Wildman–Crippen MR) is 82.3 cm³/mol. The molecule has 4 nitrogen and oxygen atoms in total. The van der Waals surface area contributed by atoms with E-state index in [0.717, 1.165) is 23.6 Å². The molecule has 0 saturated carbocycles. The van der Waals surface area contributed by atoms with Gasteiger partial charge in [0.15, 0.2) is 0 Å². The molecule has 4 heteroatoms. The van der Waals surface area contributed by atoms with Crippen molar-refractivity contribution in [1.82, 2.24) is 20.3 Å². The van der Waals surface area contributed by atoms with E-state index >= 15 is 0 Å². The van der Waals surface area contributed by atoms with Gasteiger partial charge in [-0.3, -0.25) is 0 Å². The summed E-state index contributed by atoms with van der Waals surface area (Å²) in [5.41, 5.74) is 4.51. The maximum absolute atomic E-state index is 4.34. The molecule has 0 amide bonds. The van der Waals surface area contributed by atoms with Crippen molar-refractivity contribution in [2.75, 3.05) is 6.54 Å². The van der Waals surface area contributed by atoms with Crippen LogP contribution in [0.3, 0.4) is 0 Å². The Balaban J connectivity index is 2.36. The summed E-state index contributed by atoms with van der Waals surface area (Å²) in [6.45, 7) is 11.6. The topological polar surface area (TPSA) is 42.7 Å². The number of benzene rings is 1. The minimum Gasteiger partial charge on any atom is -0.309 e. The number of nitrogens with zero attached hydrogens (tertiary/aromatic N) is 3. The number of nitrogens with one attached hydrogen (secondary N) is 1. The first-order valence-electron chi connectivity index (χ1n) is 7.30. The van der Waals surface area contributed by atoms with E-state index in [2.05, 4.69) is 74.5 Å². The lowest BCUT2D eigenvalue weighted by molar-refractivity contribution is 0.579. The Morgan fingerprint density at radius 2 is 2.00 bits per heavy atom. The molecule has 1 heterocycles. The molecule has 2 rings (SSSR count). The van der Waals surface area contributed by atoms with E-state index in [9.17, 15) is 0 Å². The van der Waals surface area contributed by atoms with Crippen molar-refractivity contribution in [2.24, 2.45) is 0 Å². The van der Waals surface area contributed by atoms with Crippen molar-refractivity contribution in [3.05, 3.63) is 41.2 Å². The van der Waals surface area contributed by atoms with E-state index in [4.69, 9.17) is 0 Å². The molecule has 0 aliphatic heterocycles.